The summed E-state index contributed by atoms with van der Waals surface area (Å²) in [6.07, 6.45) is 0.665. The Morgan fingerprint density at radius 3 is 2.48 bits per heavy atom. The van der Waals surface area contributed by atoms with E-state index in [1.54, 1.807) is 21.1 Å². The molecule has 27 heavy (non-hydrogen) atoms. The molecular formula is C20H22N4O3. The van der Waals surface area contributed by atoms with Crippen LogP contribution in [0.2, 0.25) is 0 Å². The molecule has 140 valence electrons. The minimum absolute atomic E-state index is 0.241. The van der Waals surface area contributed by atoms with E-state index in [1.807, 2.05) is 48.5 Å². The van der Waals surface area contributed by atoms with E-state index in [0.717, 1.165) is 11.3 Å². The normalized spacial score (nSPS) is 10.5. The molecule has 0 aliphatic carbocycles. The van der Waals surface area contributed by atoms with Crippen LogP contribution in [0.15, 0.2) is 48.5 Å². The first-order chi connectivity index (χ1) is 13.1. The number of hydrogen-bond acceptors (Lipinski definition) is 5. The summed E-state index contributed by atoms with van der Waals surface area (Å²) in [5.41, 5.74) is 2.76. The fourth-order valence-corrected chi connectivity index (χ4v) is 2.71. The molecule has 7 nitrogen and oxygen atoms in total. The highest BCUT2D eigenvalue weighted by atomic mass is 16.5. The average molecular weight is 366 g/mol. The number of aromatic nitrogens is 3. The zero-order chi connectivity index (χ0) is 19.2. The Bertz CT molecular complexity index is 922. The lowest BCUT2D eigenvalue weighted by Gasteiger charge is -2.10. The molecule has 0 bridgehead atoms. The molecule has 1 N–H and O–H groups in total. The third-order valence-electron chi connectivity index (χ3n) is 4.13. The zero-order valence-corrected chi connectivity index (χ0v) is 15.6. The lowest BCUT2D eigenvalue weighted by molar-refractivity contribution is 0.0948. The predicted octanol–water partition coefficient (Wildman–Crippen LogP) is 2.57. The first-order valence-corrected chi connectivity index (χ1v) is 8.61. The van der Waals surface area contributed by atoms with Gasteiger partial charge in [0.2, 0.25) is 0 Å². The van der Waals surface area contributed by atoms with Crippen LogP contribution < -0.4 is 14.8 Å². The summed E-state index contributed by atoms with van der Waals surface area (Å²) < 4.78 is 10.5. The van der Waals surface area contributed by atoms with Crippen LogP contribution in [0.1, 0.15) is 21.7 Å². The summed E-state index contributed by atoms with van der Waals surface area (Å²) in [5.74, 6) is 1.11. The van der Waals surface area contributed by atoms with Crippen molar-refractivity contribution in [2.75, 3.05) is 20.8 Å². The number of nitrogens with zero attached hydrogens (tertiary/aromatic N) is 3. The molecule has 0 atom stereocenters. The summed E-state index contributed by atoms with van der Waals surface area (Å²) in [6.45, 7) is 2.25. The van der Waals surface area contributed by atoms with Crippen LogP contribution in [-0.4, -0.2) is 41.7 Å². The van der Waals surface area contributed by atoms with Gasteiger partial charge >= 0.3 is 0 Å². The van der Waals surface area contributed by atoms with Gasteiger partial charge in [0.15, 0.2) is 17.2 Å². The molecular weight excluding hydrogens is 344 g/mol. The van der Waals surface area contributed by atoms with Gasteiger partial charge in [-0.2, -0.15) is 9.90 Å². The maximum atomic E-state index is 12.5. The molecule has 0 radical (unpaired) electrons. The van der Waals surface area contributed by atoms with Gasteiger partial charge in [-0.1, -0.05) is 24.3 Å². The van der Waals surface area contributed by atoms with Crippen molar-refractivity contribution in [1.82, 2.24) is 20.3 Å². The van der Waals surface area contributed by atoms with E-state index < -0.39 is 0 Å². The van der Waals surface area contributed by atoms with E-state index in [2.05, 4.69) is 15.5 Å². The molecule has 1 aromatic heterocycles. The second-order valence-electron chi connectivity index (χ2n) is 5.95. The van der Waals surface area contributed by atoms with Crippen molar-refractivity contribution in [2.24, 2.45) is 0 Å². The number of methoxy groups -OCH3 is 2. The van der Waals surface area contributed by atoms with E-state index >= 15 is 0 Å². The van der Waals surface area contributed by atoms with Crippen LogP contribution >= 0.6 is 0 Å². The number of amides is 1. The minimum atomic E-state index is -0.241. The topological polar surface area (TPSA) is 78.3 Å². The molecule has 0 saturated carbocycles. The Kier molecular flexibility index (Phi) is 5.71. The second-order valence-corrected chi connectivity index (χ2v) is 5.95. The SMILES string of the molecule is COc1ccc(CCNC(=O)c2nn(-c3ccccc3)nc2C)cc1OC. The lowest BCUT2D eigenvalue weighted by atomic mass is 10.1. The lowest BCUT2D eigenvalue weighted by Crippen LogP contribution is -2.26. The smallest absolute Gasteiger partial charge is 0.273 e. The first-order valence-electron chi connectivity index (χ1n) is 8.61. The fraction of sp³-hybridized carbons (Fsp3) is 0.250. The molecule has 0 aliphatic heterocycles. The molecule has 0 saturated heterocycles. The van der Waals surface area contributed by atoms with Gasteiger partial charge in [-0.3, -0.25) is 4.79 Å². The maximum Gasteiger partial charge on any atom is 0.273 e. The molecule has 3 aromatic rings. The standard InChI is InChI=1S/C20H22N4O3/c1-14-19(23-24(22-14)16-7-5-4-6-8-16)20(25)21-12-11-15-9-10-17(26-2)18(13-15)27-3/h4-10,13H,11-12H2,1-3H3,(H,21,25). The van der Waals surface area contributed by atoms with Crippen LogP contribution in [0.4, 0.5) is 0 Å². The van der Waals surface area contributed by atoms with E-state index in [9.17, 15) is 4.79 Å². The summed E-state index contributed by atoms with van der Waals surface area (Å²) in [6, 6.07) is 15.2. The van der Waals surface area contributed by atoms with E-state index in [0.29, 0.717) is 35.9 Å². The van der Waals surface area contributed by atoms with E-state index in [4.69, 9.17) is 9.47 Å². The molecule has 7 heteroatoms. The summed E-state index contributed by atoms with van der Waals surface area (Å²) >= 11 is 0. The van der Waals surface area contributed by atoms with Gasteiger partial charge < -0.3 is 14.8 Å². The minimum Gasteiger partial charge on any atom is -0.493 e. The third-order valence-corrected chi connectivity index (χ3v) is 4.13. The average Bonchev–Trinajstić information content (AvgIpc) is 3.10. The highest BCUT2D eigenvalue weighted by molar-refractivity contribution is 5.93. The summed E-state index contributed by atoms with van der Waals surface area (Å²) in [4.78, 5) is 13.9. The Hall–Kier alpha value is -3.35. The number of carbonyl (C=O) groups excluding carboxylic acids is 1. The van der Waals surface area contributed by atoms with Gasteiger partial charge in [0.1, 0.15) is 0 Å². The molecule has 1 heterocycles. The number of benzene rings is 2. The molecule has 2 aromatic carbocycles. The Labute approximate surface area is 157 Å². The first kappa shape index (κ1) is 18.4. The fourth-order valence-electron chi connectivity index (χ4n) is 2.71. The Morgan fingerprint density at radius 1 is 1.04 bits per heavy atom. The highest BCUT2D eigenvalue weighted by Gasteiger charge is 2.16. The van der Waals surface area contributed by atoms with E-state index in [-0.39, 0.29) is 5.91 Å². The van der Waals surface area contributed by atoms with Crippen LogP contribution in [0.5, 0.6) is 11.5 Å². The summed E-state index contributed by atoms with van der Waals surface area (Å²) in [7, 11) is 3.20. The van der Waals surface area contributed by atoms with Crippen molar-refractivity contribution in [2.45, 2.75) is 13.3 Å². The van der Waals surface area contributed by atoms with Gasteiger partial charge in [-0.25, -0.2) is 0 Å². The Balaban J connectivity index is 1.62. The van der Waals surface area contributed by atoms with Crippen molar-refractivity contribution in [1.29, 1.82) is 0 Å². The second kappa shape index (κ2) is 8.35. The largest absolute Gasteiger partial charge is 0.493 e. The number of ether oxygens (including phenoxy) is 2. The van der Waals surface area contributed by atoms with Crippen LogP contribution in [0.25, 0.3) is 5.69 Å². The number of nitrogens with one attached hydrogen (secondary N) is 1. The molecule has 3 rings (SSSR count). The molecule has 0 aliphatic rings. The van der Waals surface area contributed by atoms with Gasteiger partial charge in [0, 0.05) is 6.54 Å². The molecule has 1 amide bonds. The van der Waals surface area contributed by atoms with E-state index in [1.165, 1.54) is 4.80 Å². The van der Waals surface area contributed by atoms with Gasteiger partial charge in [-0.15, -0.1) is 5.10 Å². The predicted molar refractivity (Wildman–Crippen MR) is 102 cm³/mol. The van der Waals surface area contributed by atoms with Crippen LogP contribution in [-0.2, 0) is 6.42 Å². The molecule has 0 fully saturated rings. The quantitative estimate of drug-likeness (QED) is 0.695. The molecule has 0 unspecified atom stereocenters. The number of carbonyl (C=O) groups is 1. The maximum absolute atomic E-state index is 12.5. The van der Waals surface area contributed by atoms with Crippen molar-refractivity contribution < 1.29 is 14.3 Å². The number of rotatable bonds is 7. The number of aryl methyl sites for hydroxylation is 1. The summed E-state index contributed by atoms with van der Waals surface area (Å²) in [5, 5.41) is 11.5. The van der Waals surface area contributed by atoms with Crippen molar-refractivity contribution >= 4 is 5.91 Å². The molecule has 0 spiro atoms. The van der Waals surface area contributed by atoms with Crippen LogP contribution in [0, 0.1) is 6.92 Å². The van der Waals surface area contributed by atoms with Crippen molar-refractivity contribution in [3.05, 3.63) is 65.5 Å². The van der Waals surface area contributed by atoms with Crippen LogP contribution in [0.3, 0.4) is 0 Å². The van der Waals surface area contributed by atoms with Crippen molar-refractivity contribution in [3.8, 4) is 17.2 Å². The van der Waals surface area contributed by atoms with Gasteiger partial charge in [-0.05, 0) is 43.2 Å². The number of hydrogen-bond donors (Lipinski definition) is 1. The third kappa shape index (κ3) is 4.25. The zero-order valence-electron chi connectivity index (χ0n) is 15.6. The number of para-hydroxylation sites is 1. The Morgan fingerprint density at radius 2 is 1.78 bits per heavy atom. The van der Waals surface area contributed by atoms with Gasteiger partial charge in [0.25, 0.3) is 5.91 Å². The van der Waals surface area contributed by atoms with Gasteiger partial charge in [0.05, 0.1) is 25.6 Å². The monoisotopic (exact) mass is 366 g/mol. The van der Waals surface area contributed by atoms with Crippen molar-refractivity contribution in [3.63, 3.8) is 0 Å². The highest BCUT2D eigenvalue weighted by Crippen LogP contribution is 2.27.